The van der Waals surface area contributed by atoms with E-state index in [9.17, 15) is 14.7 Å². The summed E-state index contributed by atoms with van der Waals surface area (Å²) in [6.07, 6.45) is 1.57. The number of aliphatic hydroxyl groups is 1. The number of rotatable bonds is 7. The molecule has 37 heavy (non-hydrogen) atoms. The van der Waals surface area contributed by atoms with Crippen molar-refractivity contribution < 1.29 is 28.9 Å². The number of hydrogen-bond acceptors (Lipinski definition) is 9. The highest BCUT2D eigenvalue weighted by Crippen LogP contribution is 2.44. The van der Waals surface area contributed by atoms with Gasteiger partial charge in [0.15, 0.2) is 16.6 Å². The first kappa shape index (κ1) is 24.3. The Bertz CT molecular complexity index is 1530. The summed E-state index contributed by atoms with van der Waals surface area (Å²) < 4.78 is 17.0. The molecule has 1 amide bonds. The lowest BCUT2D eigenvalue weighted by Gasteiger charge is -2.22. The molecule has 1 atom stereocenters. The van der Waals surface area contributed by atoms with E-state index >= 15 is 0 Å². The monoisotopic (exact) mass is 517 g/mol. The number of ketones is 1. The Balaban J connectivity index is 1.68. The van der Waals surface area contributed by atoms with Crippen molar-refractivity contribution in [2.24, 2.45) is 0 Å². The molecule has 3 heterocycles. The molecule has 0 radical (unpaired) electrons. The van der Waals surface area contributed by atoms with Crippen LogP contribution in [0.5, 0.6) is 17.2 Å². The van der Waals surface area contributed by atoms with Crippen LogP contribution < -0.4 is 19.1 Å². The number of aliphatic hydroxyl groups excluding tert-OH is 1. The summed E-state index contributed by atoms with van der Waals surface area (Å²) in [5.74, 6) is -0.480. The van der Waals surface area contributed by atoms with Crippen molar-refractivity contribution in [3.8, 4) is 17.2 Å². The van der Waals surface area contributed by atoms with E-state index in [1.165, 1.54) is 30.5 Å². The van der Waals surface area contributed by atoms with Gasteiger partial charge in [0, 0.05) is 11.8 Å². The molecule has 1 aliphatic heterocycles. The van der Waals surface area contributed by atoms with Gasteiger partial charge in [0.2, 0.25) is 0 Å². The molecule has 1 aliphatic rings. The number of ether oxygens (including phenoxy) is 3. The van der Waals surface area contributed by atoms with E-state index in [0.717, 1.165) is 4.70 Å². The minimum atomic E-state index is -0.985. The zero-order valence-corrected chi connectivity index (χ0v) is 21.1. The highest BCUT2D eigenvalue weighted by Gasteiger charge is 2.48. The summed E-state index contributed by atoms with van der Waals surface area (Å²) in [7, 11) is 2.97. The number of methoxy groups -OCH3 is 2. The molecule has 0 spiro atoms. The maximum atomic E-state index is 13.4. The molecule has 4 aromatic rings. The average Bonchev–Trinajstić information content (AvgIpc) is 3.46. The maximum Gasteiger partial charge on any atom is 0.301 e. The Morgan fingerprint density at radius 2 is 1.86 bits per heavy atom. The third-order valence-corrected chi connectivity index (χ3v) is 6.95. The molecule has 1 fully saturated rings. The van der Waals surface area contributed by atoms with Crippen LogP contribution in [0.3, 0.4) is 0 Å². The highest BCUT2D eigenvalue weighted by molar-refractivity contribution is 7.22. The normalized spacial score (nSPS) is 16.8. The molecule has 5 rings (SSSR count). The fraction of sp³-hybridized carbons (Fsp3) is 0.185. The van der Waals surface area contributed by atoms with Gasteiger partial charge >= 0.3 is 5.91 Å². The zero-order valence-electron chi connectivity index (χ0n) is 20.3. The summed E-state index contributed by atoms with van der Waals surface area (Å²) in [5, 5.41) is 11.7. The SMILES string of the molecule is CCOc1ccc2nc(N3C(=O)C(=O)/C(=C(/O)c4ccc(OC)c(OC)c4)C3c3ccccn3)sc2c1. The van der Waals surface area contributed by atoms with E-state index in [4.69, 9.17) is 14.2 Å². The van der Waals surface area contributed by atoms with Crippen LogP contribution in [-0.2, 0) is 9.59 Å². The van der Waals surface area contributed by atoms with Crippen LogP contribution in [0.1, 0.15) is 24.2 Å². The number of thiazole rings is 1. The molecule has 0 saturated carbocycles. The van der Waals surface area contributed by atoms with E-state index in [1.807, 2.05) is 13.0 Å². The first-order chi connectivity index (χ1) is 18.0. The summed E-state index contributed by atoms with van der Waals surface area (Å²) in [4.78, 5) is 37.1. The van der Waals surface area contributed by atoms with Gasteiger partial charge in [-0.1, -0.05) is 17.4 Å². The van der Waals surface area contributed by atoms with E-state index in [0.29, 0.717) is 45.8 Å². The molecular weight excluding hydrogens is 494 g/mol. The average molecular weight is 518 g/mol. The van der Waals surface area contributed by atoms with Crippen molar-refractivity contribution in [1.29, 1.82) is 0 Å². The quantitative estimate of drug-likeness (QED) is 0.213. The summed E-state index contributed by atoms with van der Waals surface area (Å²) in [5.41, 5.74) is 1.27. The fourth-order valence-corrected chi connectivity index (χ4v) is 5.26. The Labute approximate surface area is 216 Å². The molecule has 1 unspecified atom stereocenters. The number of fused-ring (bicyclic) bond motifs is 1. The second-order valence-corrected chi connectivity index (χ2v) is 9.06. The minimum Gasteiger partial charge on any atom is -0.507 e. The molecular formula is C27H23N3O6S. The number of Topliss-reactive ketones (excluding diaryl/α,β-unsaturated/α-hetero) is 1. The molecule has 1 saturated heterocycles. The van der Waals surface area contributed by atoms with Crippen LogP contribution >= 0.6 is 11.3 Å². The Hall–Kier alpha value is -4.44. The van der Waals surface area contributed by atoms with Crippen LogP contribution in [0.4, 0.5) is 5.13 Å². The summed E-state index contributed by atoms with van der Waals surface area (Å²) in [6, 6.07) is 14.4. The van der Waals surface area contributed by atoms with E-state index in [-0.39, 0.29) is 11.3 Å². The van der Waals surface area contributed by atoms with Gasteiger partial charge in [-0.15, -0.1) is 0 Å². The van der Waals surface area contributed by atoms with Crippen molar-refractivity contribution >= 4 is 44.1 Å². The predicted octanol–water partition coefficient (Wildman–Crippen LogP) is 4.73. The van der Waals surface area contributed by atoms with Gasteiger partial charge < -0.3 is 19.3 Å². The van der Waals surface area contributed by atoms with Gasteiger partial charge in [0.1, 0.15) is 17.6 Å². The van der Waals surface area contributed by atoms with Crippen LogP contribution in [-0.4, -0.2) is 47.6 Å². The standard InChI is InChI=1S/C27H23N3O6S/c1-4-36-16-9-10-17-21(14-16)37-27(29-17)30-23(18-7-5-6-12-28-18)22(25(32)26(30)33)24(31)15-8-11-19(34-2)20(13-15)35-3/h5-14,23,31H,4H2,1-3H3/b24-22+. The van der Waals surface area contributed by atoms with Gasteiger partial charge in [-0.2, -0.15) is 0 Å². The molecule has 1 N–H and O–H groups in total. The number of anilines is 1. The van der Waals surface area contributed by atoms with Gasteiger partial charge in [-0.25, -0.2) is 4.98 Å². The first-order valence-corrected chi connectivity index (χ1v) is 12.3. The number of nitrogens with zero attached hydrogens (tertiary/aromatic N) is 3. The lowest BCUT2D eigenvalue weighted by molar-refractivity contribution is -0.132. The Kier molecular flexibility index (Phi) is 6.49. The van der Waals surface area contributed by atoms with Gasteiger partial charge in [0.25, 0.3) is 5.78 Å². The second-order valence-electron chi connectivity index (χ2n) is 8.05. The molecule has 0 bridgehead atoms. The summed E-state index contributed by atoms with van der Waals surface area (Å²) in [6.45, 7) is 2.41. The zero-order chi connectivity index (χ0) is 26.1. The van der Waals surface area contributed by atoms with Crippen molar-refractivity contribution in [1.82, 2.24) is 9.97 Å². The van der Waals surface area contributed by atoms with Crippen LogP contribution in [0.15, 0.2) is 66.4 Å². The summed E-state index contributed by atoms with van der Waals surface area (Å²) >= 11 is 1.25. The van der Waals surface area contributed by atoms with Crippen molar-refractivity contribution in [3.05, 3.63) is 77.6 Å². The first-order valence-electron chi connectivity index (χ1n) is 11.4. The lowest BCUT2D eigenvalue weighted by Crippen LogP contribution is -2.29. The van der Waals surface area contributed by atoms with Gasteiger partial charge in [0.05, 0.1) is 42.3 Å². The van der Waals surface area contributed by atoms with Crippen molar-refractivity contribution in [2.45, 2.75) is 13.0 Å². The Morgan fingerprint density at radius 3 is 2.57 bits per heavy atom. The molecule has 9 nitrogen and oxygen atoms in total. The van der Waals surface area contributed by atoms with Crippen molar-refractivity contribution in [3.63, 3.8) is 0 Å². The van der Waals surface area contributed by atoms with Gasteiger partial charge in [-0.05, 0) is 55.5 Å². The topological polar surface area (TPSA) is 111 Å². The number of pyridine rings is 1. The number of amides is 1. The predicted molar refractivity (Wildman–Crippen MR) is 139 cm³/mol. The molecule has 2 aromatic heterocycles. The molecule has 10 heteroatoms. The van der Waals surface area contributed by atoms with E-state index in [1.54, 1.807) is 54.7 Å². The van der Waals surface area contributed by atoms with Crippen molar-refractivity contribution in [2.75, 3.05) is 25.7 Å². The lowest BCUT2D eigenvalue weighted by atomic mass is 9.98. The minimum absolute atomic E-state index is 0.0924. The maximum absolute atomic E-state index is 13.4. The largest absolute Gasteiger partial charge is 0.507 e. The molecule has 188 valence electrons. The van der Waals surface area contributed by atoms with Gasteiger partial charge in [-0.3, -0.25) is 19.5 Å². The smallest absolute Gasteiger partial charge is 0.301 e. The fourth-order valence-electron chi connectivity index (χ4n) is 4.24. The Morgan fingerprint density at radius 1 is 1.05 bits per heavy atom. The third kappa shape index (κ3) is 4.25. The molecule has 0 aliphatic carbocycles. The number of carbonyl (C=O) groups excluding carboxylic acids is 2. The number of hydrogen-bond donors (Lipinski definition) is 1. The van der Waals surface area contributed by atoms with E-state index in [2.05, 4.69) is 9.97 Å². The molecule has 2 aromatic carbocycles. The second kappa shape index (κ2) is 9.90. The number of aromatic nitrogens is 2. The van der Waals surface area contributed by atoms with E-state index < -0.39 is 17.7 Å². The van der Waals surface area contributed by atoms with Crippen LogP contribution in [0.2, 0.25) is 0 Å². The number of carbonyl (C=O) groups is 2. The van der Waals surface area contributed by atoms with Crippen LogP contribution in [0.25, 0.3) is 16.0 Å². The third-order valence-electron chi connectivity index (χ3n) is 5.94. The number of benzene rings is 2. The highest BCUT2D eigenvalue weighted by atomic mass is 32.1. The van der Waals surface area contributed by atoms with Crippen LogP contribution in [0, 0.1) is 0 Å².